The highest BCUT2D eigenvalue weighted by Crippen LogP contribution is 2.59. The fourth-order valence-corrected chi connectivity index (χ4v) is 4.10. The van der Waals surface area contributed by atoms with E-state index in [2.05, 4.69) is 6.92 Å². The van der Waals surface area contributed by atoms with Gasteiger partial charge in [-0.3, -0.25) is 9.13 Å². The van der Waals surface area contributed by atoms with Gasteiger partial charge in [-0.1, -0.05) is 90.4 Å². The van der Waals surface area contributed by atoms with Crippen LogP contribution in [0.1, 0.15) is 104 Å². The first-order valence-electron chi connectivity index (χ1n) is 10.4. The van der Waals surface area contributed by atoms with Crippen molar-refractivity contribution in [2.75, 3.05) is 6.54 Å². The number of hydrogen-bond donors (Lipinski definition) is 5. The maximum atomic E-state index is 10.2. The van der Waals surface area contributed by atoms with Gasteiger partial charge in [-0.05, 0) is 19.9 Å². The van der Waals surface area contributed by atoms with Gasteiger partial charge in [0.15, 0.2) is 5.40 Å². The van der Waals surface area contributed by atoms with Gasteiger partial charge >= 0.3 is 15.2 Å². The van der Waals surface area contributed by atoms with Gasteiger partial charge in [0.1, 0.15) is 0 Å². The molecule has 0 fully saturated rings. The van der Waals surface area contributed by atoms with Crippen LogP contribution in [0.5, 0.6) is 0 Å². The third kappa shape index (κ3) is 22.4. The molecule has 0 unspecified atom stereocenters. The third-order valence-corrected chi connectivity index (χ3v) is 8.28. The summed E-state index contributed by atoms with van der Waals surface area (Å²) in [6, 6.07) is 0. The van der Waals surface area contributed by atoms with Gasteiger partial charge in [-0.2, -0.15) is 0 Å². The Morgan fingerprint density at radius 2 is 0.889 bits per heavy atom. The Labute approximate surface area is 165 Å². The summed E-state index contributed by atoms with van der Waals surface area (Å²) in [7, 11) is -9.28. The summed E-state index contributed by atoms with van der Waals surface area (Å²) >= 11 is 0. The van der Waals surface area contributed by atoms with Crippen molar-refractivity contribution in [3.63, 3.8) is 0 Å². The predicted octanol–water partition coefficient (Wildman–Crippen LogP) is 5.11. The van der Waals surface area contributed by atoms with E-state index in [0.717, 1.165) is 13.5 Å². The van der Waals surface area contributed by atoms with E-state index in [1.807, 2.05) is 0 Å². The Kier molecular flexibility index (Phi) is 20.0. The molecule has 0 aliphatic carbocycles. The summed E-state index contributed by atoms with van der Waals surface area (Å²) in [6.07, 6.45) is 19.9. The van der Waals surface area contributed by atoms with Gasteiger partial charge in [0.25, 0.3) is 0 Å². The SMILES string of the molecule is CC(P(=O)(O)O)P(=O)(O)O.CCCCCCCCCCCCCCCCN. The van der Waals surface area contributed by atoms with Crippen LogP contribution in [0, 0.1) is 0 Å². The average Bonchev–Trinajstić information content (AvgIpc) is 2.57. The van der Waals surface area contributed by atoms with Crippen LogP contribution in [0.4, 0.5) is 0 Å². The van der Waals surface area contributed by atoms with Crippen LogP contribution in [-0.4, -0.2) is 31.5 Å². The Morgan fingerprint density at radius 3 is 1.07 bits per heavy atom. The van der Waals surface area contributed by atoms with Gasteiger partial charge < -0.3 is 25.3 Å². The smallest absolute Gasteiger partial charge is 0.330 e. The van der Waals surface area contributed by atoms with Crippen molar-refractivity contribution in [2.24, 2.45) is 5.73 Å². The molecule has 0 rings (SSSR count). The van der Waals surface area contributed by atoms with E-state index in [1.165, 1.54) is 89.9 Å². The molecule has 27 heavy (non-hydrogen) atoms. The van der Waals surface area contributed by atoms with Crippen LogP contribution in [0.2, 0.25) is 0 Å². The molecule has 0 saturated heterocycles. The second kappa shape index (κ2) is 18.3. The zero-order valence-corrected chi connectivity index (χ0v) is 19.0. The van der Waals surface area contributed by atoms with Gasteiger partial charge in [0.2, 0.25) is 0 Å². The van der Waals surface area contributed by atoms with Crippen LogP contribution >= 0.6 is 15.2 Å². The molecule has 0 aliphatic rings. The summed E-state index contributed by atoms with van der Waals surface area (Å²) < 4.78 is 20.4. The maximum Gasteiger partial charge on any atom is 0.340 e. The molecule has 0 saturated carbocycles. The van der Waals surface area contributed by atoms with Crippen LogP contribution in [-0.2, 0) is 9.13 Å². The van der Waals surface area contributed by atoms with Crippen molar-refractivity contribution in [2.45, 2.75) is 109 Å². The number of rotatable bonds is 16. The van der Waals surface area contributed by atoms with Crippen LogP contribution in [0.3, 0.4) is 0 Å². The molecule has 0 aromatic heterocycles. The Bertz CT molecular complexity index is 375. The molecule has 7 nitrogen and oxygen atoms in total. The normalized spacial score (nSPS) is 12.1. The summed E-state index contributed by atoms with van der Waals surface area (Å²) in [5.74, 6) is 0. The molecular formula is C18H43NO6P2. The lowest BCUT2D eigenvalue weighted by atomic mass is 10.0. The lowest BCUT2D eigenvalue weighted by molar-refractivity contribution is 0.342. The van der Waals surface area contributed by atoms with Crippen molar-refractivity contribution in [1.29, 1.82) is 0 Å². The monoisotopic (exact) mass is 431 g/mol. The Morgan fingerprint density at radius 1 is 0.630 bits per heavy atom. The van der Waals surface area contributed by atoms with Gasteiger partial charge in [-0.15, -0.1) is 0 Å². The first-order valence-corrected chi connectivity index (χ1v) is 13.7. The predicted molar refractivity (Wildman–Crippen MR) is 113 cm³/mol. The molecule has 0 aliphatic heterocycles. The third-order valence-electron chi connectivity index (χ3n) is 4.53. The number of hydrogen-bond acceptors (Lipinski definition) is 3. The van der Waals surface area contributed by atoms with Crippen molar-refractivity contribution in [3.05, 3.63) is 0 Å². The lowest BCUT2D eigenvalue weighted by Gasteiger charge is -2.13. The molecule has 0 bridgehead atoms. The minimum absolute atomic E-state index is 0.807. The van der Waals surface area contributed by atoms with Gasteiger partial charge in [-0.25, -0.2) is 0 Å². The minimum Gasteiger partial charge on any atom is -0.330 e. The van der Waals surface area contributed by atoms with Crippen LogP contribution in [0.25, 0.3) is 0 Å². The zero-order chi connectivity index (χ0) is 21.2. The van der Waals surface area contributed by atoms with Crippen LogP contribution in [0.15, 0.2) is 0 Å². The fourth-order valence-electron chi connectivity index (χ4n) is 2.53. The highest BCUT2D eigenvalue weighted by Gasteiger charge is 2.38. The van der Waals surface area contributed by atoms with E-state index in [-0.39, 0.29) is 0 Å². The molecule has 0 radical (unpaired) electrons. The molecule has 166 valence electrons. The summed E-state index contributed by atoms with van der Waals surface area (Å²) in [5.41, 5.74) is 5.47. The maximum absolute atomic E-state index is 10.2. The topological polar surface area (TPSA) is 141 Å². The van der Waals surface area contributed by atoms with Crippen molar-refractivity contribution < 1.29 is 28.7 Å². The molecular weight excluding hydrogens is 388 g/mol. The van der Waals surface area contributed by atoms with Crippen LogP contribution < -0.4 is 5.73 Å². The van der Waals surface area contributed by atoms with E-state index in [1.54, 1.807) is 0 Å². The quantitative estimate of drug-likeness (QED) is 0.169. The second-order valence-electron chi connectivity index (χ2n) is 7.19. The lowest BCUT2D eigenvalue weighted by Crippen LogP contribution is -2.02. The zero-order valence-electron chi connectivity index (χ0n) is 17.3. The average molecular weight is 431 g/mol. The van der Waals surface area contributed by atoms with Gasteiger partial charge in [0, 0.05) is 0 Å². The minimum atomic E-state index is -4.64. The molecule has 0 amide bonds. The number of unbranched alkanes of at least 4 members (excludes halogenated alkanes) is 13. The van der Waals surface area contributed by atoms with Crippen molar-refractivity contribution >= 4 is 15.2 Å². The Hall–Kier alpha value is 0.260. The highest BCUT2D eigenvalue weighted by atomic mass is 31.2. The standard InChI is InChI=1S/C16H35N.C2H8O6P2/c1-2-3-4-5-6-7-8-9-10-11-12-13-14-15-16-17;1-2(9(3,4)5)10(6,7)8/h2-17H2,1H3;2H,1H3,(H2,3,4,5)(H2,6,7,8). The largest absolute Gasteiger partial charge is 0.340 e. The van der Waals surface area contributed by atoms with Gasteiger partial charge in [0.05, 0.1) is 0 Å². The highest BCUT2D eigenvalue weighted by molar-refractivity contribution is 7.70. The molecule has 0 spiro atoms. The first-order chi connectivity index (χ1) is 12.6. The Balaban J connectivity index is 0. The van der Waals surface area contributed by atoms with Crippen molar-refractivity contribution in [1.82, 2.24) is 0 Å². The van der Waals surface area contributed by atoms with E-state index in [9.17, 15) is 9.13 Å². The summed E-state index contributed by atoms with van der Waals surface area (Å²) in [6.45, 7) is 3.97. The summed E-state index contributed by atoms with van der Waals surface area (Å²) in [5, 5.41) is -1.90. The second-order valence-corrected chi connectivity index (χ2v) is 11.5. The molecule has 9 heteroatoms. The van der Waals surface area contributed by atoms with E-state index in [0.29, 0.717) is 0 Å². The molecule has 0 atom stereocenters. The molecule has 6 N–H and O–H groups in total. The molecule has 0 aromatic rings. The fraction of sp³-hybridized carbons (Fsp3) is 1.00. The van der Waals surface area contributed by atoms with E-state index < -0.39 is 20.6 Å². The van der Waals surface area contributed by atoms with E-state index in [4.69, 9.17) is 25.3 Å². The van der Waals surface area contributed by atoms with E-state index >= 15 is 0 Å². The summed E-state index contributed by atoms with van der Waals surface area (Å²) in [4.78, 5) is 33.0. The first kappa shape index (κ1) is 29.5. The molecule has 0 heterocycles. The molecule has 0 aromatic carbocycles. The number of nitrogens with two attached hydrogens (primary N) is 1. The van der Waals surface area contributed by atoms with Crippen molar-refractivity contribution in [3.8, 4) is 0 Å².